The second-order valence-corrected chi connectivity index (χ2v) is 10.6. The Morgan fingerprint density at radius 1 is 1.11 bits per heavy atom. The maximum atomic E-state index is 9.47. The van der Waals surface area contributed by atoms with Gasteiger partial charge < -0.3 is 14.2 Å². The van der Waals surface area contributed by atoms with Crippen molar-refractivity contribution in [2.45, 2.75) is 45.8 Å². The SMILES string of the molecule is CCCCn1ncc(/C=C(/Cc2cc3c(cc2OC)CCO3)N=[N+]=[N-])c1-c1ccc(Cl)cc1OCc1ccccc1N=[N+]=[N-]. The molecule has 0 amide bonds. The van der Waals surface area contributed by atoms with E-state index in [0.717, 1.165) is 58.5 Å². The highest BCUT2D eigenvalue weighted by molar-refractivity contribution is 6.30. The highest BCUT2D eigenvalue weighted by Crippen LogP contribution is 2.38. The maximum absolute atomic E-state index is 9.47. The number of hydrogen-bond donors (Lipinski definition) is 0. The molecule has 44 heavy (non-hydrogen) atoms. The van der Waals surface area contributed by atoms with E-state index < -0.39 is 0 Å². The lowest BCUT2D eigenvalue weighted by molar-refractivity contribution is 0.307. The van der Waals surface area contributed by atoms with Gasteiger partial charge in [0.2, 0.25) is 0 Å². The van der Waals surface area contributed by atoms with E-state index in [2.05, 4.69) is 27.0 Å². The molecule has 11 nitrogen and oxygen atoms in total. The molecule has 0 bridgehead atoms. The molecular formula is C32H31ClN8O3. The molecule has 1 aliphatic heterocycles. The average Bonchev–Trinajstić information content (AvgIpc) is 3.65. The van der Waals surface area contributed by atoms with Crippen LogP contribution in [0, 0.1) is 0 Å². The van der Waals surface area contributed by atoms with E-state index in [-0.39, 0.29) is 6.61 Å². The lowest BCUT2D eigenvalue weighted by Gasteiger charge is -2.16. The van der Waals surface area contributed by atoms with Crippen molar-refractivity contribution in [1.29, 1.82) is 0 Å². The molecule has 0 aliphatic carbocycles. The summed E-state index contributed by atoms with van der Waals surface area (Å²) in [4.78, 5) is 6.04. The zero-order valence-corrected chi connectivity index (χ0v) is 25.2. The first-order valence-corrected chi connectivity index (χ1v) is 14.6. The Hall–Kier alpha value is -5.08. The molecule has 1 aliphatic rings. The van der Waals surface area contributed by atoms with Crippen LogP contribution in [0.3, 0.4) is 0 Å². The largest absolute Gasteiger partial charge is 0.496 e. The third-order valence-electron chi connectivity index (χ3n) is 7.28. The van der Waals surface area contributed by atoms with E-state index in [0.29, 0.717) is 47.5 Å². The number of azide groups is 2. The van der Waals surface area contributed by atoms with Gasteiger partial charge in [-0.05, 0) is 59.5 Å². The first kappa shape index (κ1) is 30.4. The first-order valence-electron chi connectivity index (χ1n) is 14.2. The van der Waals surface area contributed by atoms with Gasteiger partial charge in [-0.2, -0.15) is 5.10 Å². The number of hydrogen-bond acceptors (Lipinski definition) is 6. The molecule has 0 saturated heterocycles. The van der Waals surface area contributed by atoms with Gasteiger partial charge in [-0.3, -0.25) is 4.68 Å². The minimum atomic E-state index is 0.154. The zero-order chi connectivity index (χ0) is 30.9. The number of nitrogens with zero attached hydrogens (tertiary/aromatic N) is 8. The van der Waals surface area contributed by atoms with Crippen LogP contribution in [0.4, 0.5) is 5.69 Å². The molecular weight excluding hydrogens is 580 g/mol. The molecule has 0 unspecified atom stereocenters. The molecule has 12 heteroatoms. The van der Waals surface area contributed by atoms with Crippen LogP contribution in [-0.4, -0.2) is 23.5 Å². The molecule has 0 atom stereocenters. The van der Waals surface area contributed by atoms with Crippen molar-refractivity contribution >= 4 is 23.4 Å². The fourth-order valence-corrected chi connectivity index (χ4v) is 5.31. The van der Waals surface area contributed by atoms with Gasteiger partial charge in [0.1, 0.15) is 23.9 Å². The molecule has 0 fully saturated rings. The maximum Gasteiger partial charge on any atom is 0.130 e. The van der Waals surface area contributed by atoms with Gasteiger partial charge in [-0.1, -0.05) is 59.4 Å². The highest BCUT2D eigenvalue weighted by atomic mass is 35.5. The van der Waals surface area contributed by atoms with E-state index in [1.54, 1.807) is 37.6 Å². The molecule has 0 radical (unpaired) electrons. The van der Waals surface area contributed by atoms with E-state index in [9.17, 15) is 5.53 Å². The lowest BCUT2D eigenvalue weighted by Crippen LogP contribution is -2.05. The fourth-order valence-electron chi connectivity index (χ4n) is 5.14. The summed E-state index contributed by atoms with van der Waals surface area (Å²) in [7, 11) is 1.63. The molecule has 5 rings (SSSR count). The summed E-state index contributed by atoms with van der Waals surface area (Å²) in [5.41, 5.74) is 24.4. The van der Waals surface area contributed by atoms with Crippen LogP contribution >= 0.6 is 11.6 Å². The molecule has 2 heterocycles. The summed E-state index contributed by atoms with van der Waals surface area (Å²) in [6.45, 7) is 3.58. The van der Waals surface area contributed by atoms with Gasteiger partial charge in [0.05, 0.1) is 25.6 Å². The van der Waals surface area contributed by atoms with Gasteiger partial charge in [0.25, 0.3) is 0 Å². The van der Waals surface area contributed by atoms with E-state index in [1.807, 2.05) is 41.1 Å². The van der Waals surface area contributed by atoms with Gasteiger partial charge >= 0.3 is 0 Å². The summed E-state index contributed by atoms with van der Waals surface area (Å²) in [5.74, 6) is 2.06. The lowest BCUT2D eigenvalue weighted by atomic mass is 10.0. The van der Waals surface area contributed by atoms with E-state index in [1.165, 1.54) is 0 Å². The third-order valence-corrected chi connectivity index (χ3v) is 7.51. The number of benzene rings is 3. The Labute approximate surface area is 259 Å². The molecule has 0 saturated carbocycles. The van der Waals surface area contributed by atoms with Crippen molar-refractivity contribution in [2.75, 3.05) is 13.7 Å². The second kappa shape index (κ2) is 14.4. The molecule has 4 aromatic rings. The standard InChI is InChI=1S/C32H31ClN8O3/c1-3-4-12-41-32(27-10-9-25(33)18-31(27)44-20-22-7-5-6-8-28(22)38-40-35)24(19-36-41)15-26(37-39-34)14-23-17-30-21(11-13-43-30)16-29(23)42-2/h5-10,15-19H,3-4,11-14,20H2,1-2H3/b26-15-. The van der Waals surface area contributed by atoms with Crippen LogP contribution < -0.4 is 14.2 Å². The van der Waals surface area contributed by atoms with Crippen LogP contribution in [0.1, 0.15) is 42.0 Å². The number of aryl methyl sites for hydroxylation is 1. The van der Waals surface area contributed by atoms with Crippen molar-refractivity contribution in [3.05, 3.63) is 115 Å². The molecule has 224 valence electrons. The van der Waals surface area contributed by atoms with Crippen molar-refractivity contribution in [1.82, 2.24) is 9.78 Å². The van der Waals surface area contributed by atoms with Crippen LogP contribution in [-0.2, 0) is 26.0 Å². The highest BCUT2D eigenvalue weighted by Gasteiger charge is 2.20. The number of unbranched alkanes of at least 4 members (excludes halogenated alkanes) is 1. The topological polar surface area (TPSA) is 143 Å². The van der Waals surface area contributed by atoms with E-state index in [4.69, 9.17) is 36.4 Å². The Morgan fingerprint density at radius 2 is 1.98 bits per heavy atom. The second-order valence-electron chi connectivity index (χ2n) is 10.1. The van der Waals surface area contributed by atoms with Crippen LogP contribution in [0.25, 0.3) is 38.2 Å². The number of halogens is 1. The minimum Gasteiger partial charge on any atom is -0.496 e. The van der Waals surface area contributed by atoms with Crippen molar-refractivity contribution in [3.8, 4) is 28.5 Å². The normalized spacial score (nSPS) is 12.1. The zero-order valence-electron chi connectivity index (χ0n) is 24.5. The van der Waals surface area contributed by atoms with Crippen molar-refractivity contribution in [3.63, 3.8) is 0 Å². The van der Waals surface area contributed by atoms with Crippen molar-refractivity contribution < 1.29 is 14.2 Å². The number of methoxy groups -OCH3 is 1. The Morgan fingerprint density at radius 3 is 2.77 bits per heavy atom. The number of rotatable bonds is 13. The third kappa shape index (κ3) is 6.93. The predicted octanol–water partition coefficient (Wildman–Crippen LogP) is 9.36. The quantitative estimate of drug-likeness (QED) is 0.0843. The van der Waals surface area contributed by atoms with Gasteiger partial charge in [-0.15, -0.1) is 0 Å². The summed E-state index contributed by atoms with van der Waals surface area (Å²) in [6, 6.07) is 16.6. The number of aromatic nitrogens is 2. The van der Waals surface area contributed by atoms with Gasteiger partial charge in [0.15, 0.2) is 0 Å². The van der Waals surface area contributed by atoms with Crippen LogP contribution in [0.15, 0.2) is 76.7 Å². The minimum absolute atomic E-state index is 0.154. The Balaban J connectivity index is 1.56. The first-order chi connectivity index (χ1) is 21.5. The van der Waals surface area contributed by atoms with E-state index >= 15 is 0 Å². The Bertz CT molecular complexity index is 1790. The summed E-state index contributed by atoms with van der Waals surface area (Å²) in [6.07, 6.45) is 6.65. The average molecular weight is 611 g/mol. The molecule has 3 aromatic carbocycles. The van der Waals surface area contributed by atoms with Crippen molar-refractivity contribution in [2.24, 2.45) is 10.2 Å². The molecule has 0 spiro atoms. The van der Waals surface area contributed by atoms with Gasteiger partial charge in [-0.25, -0.2) is 0 Å². The van der Waals surface area contributed by atoms with Crippen LogP contribution in [0.2, 0.25) is 5.02 Å². The van der Waals surface area contributed by atoms with Gasteiger partial charge in [0, 0.05) is 67.9 Å². The smallest absolute Gasteiger partial charge is 0.130 e. The summed E-state index contributed by atoms with van der Waals surface area (Å²) >= 11 is 6.43. The Kier molecular flexibility index (Phi) is 9.94. The number of fused-ring (bicyclic) bond motifs is 1. The summed E-state index contributed by atoms with van der Waals surface area (Å²) in [5, 5.41) is 13.0. The predicted molar refractivity (Wildman–Crippen MR) is 170 cm³/mol. The number of allylic oxidation sites excluding steroid dienone is 1. The van der Waals surface area contributed by atoms with Crippen LogP contribution in [0.5, 0.6) is 17.2 Å². The fraction of sp³-hybridized carbons (Fsp3) is 0.281. The molecule has 1 aromatic heterocycles. The summed E-state index contributed by atoms with van der Waals surface area (Å²) < 4.78 is 19.7. The number of ether oxygens (including phenoxy) is 3. The monoisotopic (exact) mass is 610 g/mol. The molecule has 0 N–H and O–H groups in total.